The lowest BCUT2D eigenvalue weighted by atomic mass is 9.94. The first-order valence-electron chi connectivity index (χ1n) is 21.1. The molecule has 8 heterocycles. The Kier molecular flexibility index (Phi) is 10.2. The third kappa shape index (κ3) is 6.94. The second-order valence-electron chi connectivity index (χ2n) is 17.1. The summed E-state index contributed by atoms with van der Waals surface area (Å²) in [6, 6.07) is -2.31. The summed E-state index contributed by atoms with van der Waals surface area (Å²) in [5.74, 6) is 1.59. The molecular weight excluding hydrogens is 805 g/mol. The highest BCUT2D eigenvalue weighted by molar-refractivity contribution is 5.84. The highest BCUT2D eigenvalue weighted by Gasteiger charge is 2.47. The number of rotatable bonds is 12. The van der Waals surface area contributed by atoms with Crippen molar-refractivity contribution in [3.63, 3.8) is 0 Å². The summed E-state index contributed by atoms with van der Waals surface area (Å²) in [7, 11) is 0. The van der Waals surface area contributed by atoms with Crippen LogP contribution in [0.15, 0.2) is 25.0 Å². The number of nitrogens with zero attached hydrogens (tertiary/aromatic N) is 16. The molecule has 2 saturated carbocycles. The van der Waals surface area contributed by atoms with E-state index in [0.29, 0.717) is 91.8 Å². The van der Waals surface area contributed by atoms with Gasteiger partial charge in [-0.25, -0.2) is 9.97 Å². The van der Waals surface area contributed by atoms with Crippen LogP contribution in [0, 0.1) is 11.8 Å². The van der Waals surface area contributed by atoms with Gasteiger partial charge in [0.05, 0.1) is 49.4 Å². The van der Waals surface area contributed by atoms with Gasteiger partial charge in [0, 0.05) is 39.0 Å². The molecule has 2 saturated heterocycles. The molecule has 0 radical (unpaired) electrons. The fraction of sp³-hybridized carbons (Fsp3) is 0.605. The van der Waals surface area contributed by atoms with Gasteiger partial charge in [-0.1, -0.05) is 6.92 Å². The van der Waals surface area contributed by atoms with E-state index in [4.69, 9.17) is 21.4 Å². The number of Topliss-reactive ketones (excluding diaryl/α,β-unsaturated/α-hetero) is 1. The van der Waals surface area contributed by atoms with Crippen molar-refractivity contribution in [2.45, 2.75) is 107 Å². The molecule has 0 unspecified atom stereocenters. The van der Waals surface area contributed by atoms with Crippen molar-refractivity contribution in [3.8, 4) is 0 Å². The first-order chi connectivity index (χ1) is 30.0. The first kappa shape index (κ1) is 40.1. The lowest BCUT2D eigenvalue weighted by Crippen LogP contribution is -2.31. The number of nitrogens with two attached hydrogens (primary N) is 2. The SMILES string of the molecule is CCc1cnn([C@H]2C[C@@H](n3cnc4c(N)nc(N5CC[C@@H](CC(=O)C[C@@H]6CCN(c7nc(N)c8ncn([C@@H]9C[C@H](n%10ncc(CO)n%10)[C@@H](O)[C@H]9O)c8n7)C6)C5)nc43)[C@H](O)[C@@H]2O)n1. The van der Waals surface area contributed by atoms with E-state index >= 15 is 0 Å². The molecule has 10 rings (SSSR count). The molecule has 2 aliphatic carbocycles. The average Bonchev–Trinajstić information content (AvgIpc) is 4.12. The molecular formula is C38H50N18O6. The summed E-state index contributed by atoms with van der Waals surface area (Å²) >= 11 is 0. The number of aliphatic hydroxyl groups excluding tert-OH is 5. The van der Waals surface area contributed by atoms with Crippen molar-refractivity contribution in [1.29, 1.82) is 0 Å². The lowest BCUT2D eigenvalue weighted by molar-refractivity contribution is -0.120. The molecule has 62 heavy (non-hydrogen) atoms. The van der Waals surface area contributed by atoms with E-state index in [-0.39, 0.29) is 42.3 Å². The van der Waals surface area contributed by atoms with Crippen LogP contribution in [0.5, 0.6) is 0 Å². The highest BCUT2D eigenvalue weighted by Crippen LogP contribution is 2.41. The molecule has 328 valence electrons. The number of anilines is 4. The molecule has 10 atom stereocenters. The topological polar surface area (TPSA) is 325 Å². The van der Waals surface area contributed by atoms with Gasteiger partial charge in [-0.3, -0.25) is 4.79 Å². The Bertz CT molecular complexity index is 2430. The van der Waals surface area contributed by atoms with E-state index in [1.54, 1.807) is 21.7 Å². The maximum absolute atomic E-state index is 13.5. The smallest absolute Gasteiger partial charge is 0.229 e. The van der Waals surface area contributed by atoms with Crippen LogP contribution in [0.2, 0.25) is 0 Å². The molecule has 24 nitrogen and oxygen atoms in total. The molecule has 24 heteroatoms. The van der Waals surface area contributed by atoms with Crippen LogP contribution in [0.25, 0.3) is 22.3 Å². The Morgan fingerprint density at radius 2 is 1.13 bits per heavy atom. The van der Waals surface area contributed by atoms with Gasteiger partial charge < -0.3 is 55.9 Å². The zero-order chi connectivity index (χ0) is 43.0. The summed E-state index contributed by atoms with van der Waals surface area (Å²) in [6.07, 6.45) is 5.37. The molecule has 0 aromatic carbocycles. The first-order valence-corrected chi connectivity index (χ1v) is 21.1. The van der Waals surface area contributed by atoms with Crippen LogP contribution in [0.3, 0.4) is 0 Å². The molecule has 4 aliphatic rings. The summed E-state index contributed by atoms with van der Waals surface area (Å²) in [5.41, 5.74) is 15.6. The van der Waals surface area contributed by atoms with Gasteiger partial charge in [-0.05, 0) is 43.9 Å². The van der Waals surface area contributed by atoms with Crippen molar-refractivity contribution < 1.29 is 30.3 Å². The minimum atomic E-state index is -1.17. The lowest BCUT2D eigenvalue weighted by Gasteiger charge is -2.20. The van der Waals surface area contributed by atoms with E-state index in [0.717, 1.165) is 18.5 Å². The average molecular weight is 855 g/mol. The van der Waals surface area contributed by atoms with Crippen molar-refractivity contribution in [3.05, 3.63) is 36.4 Å². The molecule has 6 aromatic heterocycles. The number of nitrogen functional groups attached to an aromatic ring is 2. The van der Waals surface area contributed by atoms with Crippen LogP contribution < -0.4 is 21.3 Å². The number of carbonyl (C=O) groups is 1. The number of aliphatic hydroxyl groups is 5. The second-order valence-corrected chi connectivity index (χ2v) is 17.1. The summed E-state index contributed by atoms with van der Waals surface area (Å²) in [4.78, 5) is 48.1. The normalized spacial score (nSPS) is 29.0. The number of carbonyl (C=O) groups excluding carboxylic acids is 1. The molecule has 4 fully saturated rings. The predicted octanol–water partition coefficient (Wildman–Crippen LogP) is -1.11. The number of aryl methyl sites for hydroxylation is 1. The van der Waals surface area contributed by atoms with Crippen LogP contribution in [-0.2, 0) is 17.8 Å². The summed E-state index contributed by atoms with van der Waals surface area (Å²) in [5, 5.41) is 70.8. The Morgan fingerprint density at radius 3 is 1.56 bits per heavy atom. The molecule has 9 N–H and O–H groups in total. The van der Waals surface area contributed by atoms with Gasteiger partial charge >= 0.3 is 0 Å². The van der Waals surface area contributed by atoms with E-state index in [9.17, 15) is 30.3 Å². The number of hydrogen-bond donors (Lipinski definition) is 7. The van der Waals surface area contributed by atoms with Gasteiger partial charge in [0.1, 0.15) is 59.0 Å². The molecule has 0 bridgehead atoms. The van der Waals surface area contributed by atoms with Crippen molar-refractivity contribution in [2.24, 2.45) is 11.8 Å². The minimum absolute atomic E-state index is 0.0935. The van der Waals surface area contributed by atoms with Crippen LogP contribution in [0.4, 0.5) is 23.5 Å². The largest absolute Gasteiger partial charge is 0.390 e. The van der Waals surface area contributed by atoms with Crippen molar-refractivity contribution >= 4 is 51.6 Å². The molecule has 2 aliphatic heterocycles. The maximum atomic E-state index is 13.5. The van der Waals surface area contributed by atoms with Gasteiger partial charge in [0.25, 0.3) is 0 Å². The van der Waals surface area contributed by atoms with Crippen molar-refractivity contribution in [1.82, 2.24) is 69.0 Å². The van der Waals surface area contributed by atoms with E-state index < -0.39 is 48.6 Å². The second kappa shape index (κ2) is 15.7. The minimum Gasteiger partial charge on any atom is -0.390 e. The Hall–Kier alpha value is -5.95. The van der Waals surface area contributed by atoms with E-state index in [1.165, 1.54) is 22.1 Å². The van der Waals surface area contributed by atoms with Gasteiger partial charge in [0.2, 0.25) is 11.9 Å². The van der Waals surface area contributed by atoms with E-state index in [2.05, 4.69) is 40.3 Å². The van der Waals surface area contributed by atoms with Gasteiger partial charge in [-0.15, -0.1) is 0 Å². The Balaban J connectivity index is 0.771. The number of ketones is 1. The number of imidazole rings is 2. The molecule has 6 aromatic rings. The quantitative estimate of drug-likeness (QED) is 0.0767. The number of hydrogen-bond acceptors (Lipinski definition) is 20. The van der Waals surface area contributed by atoms with Gasteiger partial charge in [-0.2, -0.15) is 49.9 Å². The highest BCUT2D eigenvalue weighted by atomic mass is 16.3. The van der Waals surface area contributed by atoms with Crippen LogP contribution in [0.1, 0.15) is 81.0 Å². The van der Waals surface area contributed by atoms with Crippen LogP contribution in [-0.4, -0.2) is 151 Å². The fourth-order valence-corrected chi connectivity index (χ4v) is 9.86. The zero-order valence-electron chi connectivity index (χ0n) is 34.0. The van der Waals surface area contributed by atoms with Crippen LogP contribution >= 0.6 is 0 Å². The number of aromatic nitrogens is 14. The fourth-order valence-electron chi connectivity index (χ4n) is 9.86. The van der Waals surface area contributed by atoms with E-state index in [1.807, 2.05) is 16.7 Å². The van der Waals surface area contributed by atoms with Crippen molar-refractivity contribution in [2.75, 3.05) is 47.4 Å². The number of fused-ring (bicyclic) bond motifs is 2. The molecule has 0 spiro atoms. The summed E-state index contributed by atoms with van der Waals surface area (Å²) < 4.78 is 3.46. The predicted molar refractivity (Wildman–Crippen MR) is 219 cm³/mol. The summed E-state index contributed by atoms with van der Waals surface area (Å²) in [6.45, 7) is 4.11. The zero-order valence-corrected chi connectivity index (χ0v) is 34.0. The standard InChI is InChI=1S/C38H50N18O6/c1-2-20-11-43-55(49-20)25-9-23(29(59)31(25)61)53-16-41-27-33(39)45-37(47-35(27)53)51-5-3-18(13-51)7-22(58)8-19-4-6-52(14-19)38-46-34(40)28-36(48-38)54(17-42-28)24-10-26(32(62)30(24)60)56-44-12-21(15-57)50-56/h11-12,16-19,23-26,29-32,57,59-62H,2-10,13-15H2,1H3,(H2,39,45,47)(H2,40,46,48)/t18-,19-,23+,24+,25-,26-,29-,30-,31+,32+/m0/s1. The Morgan fingerprint density at radius 1 is 0.677 bits per heavy atom. The van der Waals surface area contributed by atoms with Gasteiger partial charge in [0.15, 0.2) is 22.9 Å². The maximum Gasteiger partial charge on any atom is 0.229 e. The molecule has 0 amide bonds. The Labute approximate surface area is 353 Å². The monoisotopic (exact) mass is 854 g/mol. The third-order valence-electron chi connectivity index (χ3n) is 13.2. The third-order valence-corrected chi connectivity index (χ3v) is 13.2.